The molecule has 0 aliphatic heterocycles. The Balaban J connectivity index is 1.91. The van der Waals surface area contributed by atoms with Gasteiger partial charge < -0.3 is 4.74 Å². The number of aromatic nitrogens is 2. The Morgan fingerprint density at radius 3 is 2.79 bits per heavy atom. The fraction of sp³-hybridized carbons (Fsp3) is 0.278. The average Bonchev–Trinajstić information content (AvgIpc) is 3.03. The van der Waals surface area contributed by atoms with E-state index in [1.807, 2.05) is 50.2 Å². The van der Waals surface area contributed by atoms with E-state index in [0.717, 1.165) is 16.9 Å². The van der Waals surface area contributed by atoms with Gasteiger partial charge in [-0.25, -0.2) is 4.98 Å². The number of hydrogen-bond donors (Lipinski definition) is 0. The minimum atomic E-state index is -0.425. The standard InChI is InChI=1S/C18H18N2O3S/c1-3-12(2)23-16(21)10-20-11-19-17-14(18(20)22)9-15(24-17)13-7-5-4-6-8-13/h4-9,11-12H,3,10H2,1-2H3/t12-/m0/s1. The number of carbonyl (C=O) groups is 1. The van der Waals surface area contributed by atoms with E-state index < -0.39 is 5.97 Å². The van der Waals surface area contributed by atoms with Crippen LogP contribution in [0, 0.1) is 0 Å². The molecule has 0 saturated heterocycles. The number of carbonyl (C=O) groups excluding carboxylic acids is 1. The summed E-state index contributed by atoms with van der Waals surface area (Å²) in [6.45, 7) is 3.64. The molecule has 3 aromatic rings. The van der Waals surface area contributed by atoms with Gasteiger partial charge in [0.25, 0.3) is 5.56 Å². The van der Waals surface area contributed by atoms with Gasteiger partial charge >= 0.3 is 5.97 Å². The van der Waals surface area contributed by atoms with Crippen LogP contribution in [0.25, 0.3) is 20.7 Å². The van der Waals surface area contributed by atoms with Crippen molar-refractivity contribution in [3.05, 3.63) is 53.1 Å². The van der Waals surface area contributed by atoms with Crippen molar-refractivity contribution in [3.63, 3.8) is 0 Å². The van der Waals surface area contributed by atoms with Crippen molar-refractivity contribution in [2.45, 2.75) is 32.9 Å². The Kier molecular flexibility index (Phi) is 4.76. The number of fused-ring (bicyclic) bond motifs is 1. The summed E-state index contributed by atoms with van der Waals surface area (Å²) in [6.07, 6.45) is 1.99. The molecule has 0 fully saturated rings. The molecule has 0 saturated carbocycles. The molecule has 0 aliphatic carbocycles. The lowest BCUT2D eigenvalue weighted by Crippen LogP contribution is -2.27. The van der Waals surface area contributed by atoms with Gasteiger partial charge in [-0.15, -0.1) is 11.3 Å². The molecule has 0 unspecified atom stereocenters. The van der Waals surface area contributed by atoms with Crippen LogP contribution in [0.4, 0.5) is 0 Å². The monoisotopic (exact) mass is 342 g/mol. The van der Waals surface area contributed by atoms with Crippen LogP contribution in [-0.4, -0.2) is 21.6 Å². The van der Waals surface area contributed by atoms with Crippen molar-refractivity contribution >= 4 is 27.5 Å². The molecule has 0 aliphatic rings. The van der Waals surface area contributed by atoms with Crippen LogP contribution >= 0.6 is 11.3 Å². The fourth-order valence-corrected chi connectivity index (χ4v) is 3.30. The van der Waals surface area contributed by atoms with Gasteiger partial charge in [0, 0.05) is 4.88 Å². The number of ether oxygens (including phenoxy) is 1. The predicted octanol–water partition coefficient (Wildman–Crippen LogP) is 3.47. The number of benzene rings is 1. The summed E-state index contributed by atoms with van der Waals surface area (Å²) in [5.74, 6) is -0.425. The molecular formula is C18H18N2O3S. The van der Waals surface area contributed by atoms with E-state index in [9.17, 15) is 9.59 Å². The molecule has 0 radical (unpaired) electrons. The van der Waals surface area contributed by atoms with Gasteiger partial charge in [0.1, 0.15) is 11.4 Å². The first-order valence-electron chi connectivity index (χ1n) is 7.82. The topological polar surface area (TPSA) is 61.2 Å². The van der Waals surface area contributed by atoms with Crippen LogP contribution < -0.4 is 5.56 Å². The molecule has 0 bridgehead atoms. The van der Waals surface area contributed by atoms with Crippen LogP contribution in [0.2, 0.25) is 0 Å². The summed E-state index contributed by atoms with van der Waals surface area (Å²) in [5.41, 5.74) is 0.821. The van der Waals surface area contributed by atoms with Gasteiger partial charge in [0.05, 0.1) is 17.8 Å². The van der Waals surface area contributed by atoms with Crippen LogP contribution in [0.15, 0.2) is 47.5 Å². The van der Waals surface area contributed by atoms with Crippen LogP contribution in [0.5, 0.6) is 0 Å². The van der Waals surface area contributed by atoms with Gasteiger partial charge in [-0.1, -0.05) is 37.3 Å². The normalized spacial score (nSPS) is 12.2. The van der Waals surface area contributed by atoms with Crippen molar-refractivity contribution in [2.75, 3.05) is 0 Å². The Labute approximate surface area is 143 Å². The summed E-state index contributed by atoms with van der Waals surface area (Å²) < 4.78 is 6.52. The van der Waals surface area contributed by atoms with E-state index in [0.29, 0.717) is 10.2 Å². The predicted molar refractivity (Wildman–Crippen MR) is 95.2 cm³/mol. The van der Waals surface area contributed by atoms with Gasteiger partial charge in [-0.3, -0.25) is 14.2 Å². The van der Waals surface area contributed by atoms with Gasteiger partial charge in [-0.2, -0.15) is 0 Å². The Bertz CT molecular complexity index is 915. The van der Waals surface area contributed by atoms with Gasteiger partial charge in [0.2, 0.25) is 0 Å². The first kappa shape index (κ1) is 16.4. The first-order chi connectivity index (χ1) is 11.6. The van der Waals surface area contributed by atoms with Crippen molar-refractivity contribution < 1.29 is 9.53 Å². The Hall–Kier alpha value is -2.47. The Morgan fingerprint density at radius 2 is 2.08 bits per heavy atom. The summed E-state index contributed by atoms with van der Waals surface area (Å²) in [5, 5.41) is 0.526. The lowest BCUT2D eigenvalue weighted by atomic mass is 10.2. The smallest absolute Gasteiger partial charge is 0.326 e. The molecule has 6 heteroatoms. The summed E-state index contributed by atoms with van der Waals surface area (Å²) in [4.78, 5) is 30.4. The average molecular weight is 342 g/mol. The third-order valence-corrected chi connectivity index (χ3v) is 4.88. The summed E-state index contributed by atoms with van der Waals surface area (Å²) in [7, 11) is 0. The molecule has 2 aromatic heterocycles. The second-order valence-corrected chi connectivity index (χ2v) is 6.61. The molecule has 1 aromatic carbocycles. The highest BCUT2D eigenvalue weighted by Crippen LogP contribution is 2.30. The molecule has 1 atom stereocenters. The van der Waals surface area contributed by atoms with Crippen LogP contribution in [-0.2, 0) is 16.1 Å². The highest BCUT2D eigenvalue weighted by molar-refractivity contribution is 7.21. The zero-order valence-electron chi connectivity index (χ0n) is 13.6. The lowest BCUT2D eigenvalue weighted by molar-refractivity contribution is -0.149. The molecular weight excluding hydrogens is 324 g/mol. The third kappa shape index (κ3) is 3.38. The molecule has 5 nitrogen and oxygen atoms in total. The van der Waals surface area contributed by atoms with E-state index in [1.54, 1.807) is 0 Å². The van der Waals surface area contributed by atoms with Gasteiger partial charge in [0.15, 0.2) is 0 Å². The lowest BCUT2D eigenvalue weighted by Gasteiger charge is -2.11. The zero-order chi connectivity index (χ0) is 17.1. The molecule has 0 N–H and O–H groups in total. The second kappa shape index (κ2) is 6.97. The number of esters is 1. The van der Waals surface area contributed by atoms with Crippen molar-refractivity contribution in [2.24, 2.45) is 0 Å². The molecule has 2 heterocycles. The first-order valence-corrected chi connectivity index (χ1v) is 8.64. The molecule has 3 rings (SSSR count). The zero-order valence-corrected chi connectivity index (χ0v) is 14.4. The number of nitrogens with zero attached hydrogens (tertiary/aromatic N) is 2. The van der Waals surface area contributed by atoms with Crippen molar-refractivity contribution in [1.29, 1.82) is 0 Å². The van der Waals surface area contributed by atoms with E-state index in [2.05, 4.69) is 4.98 Å². The quantitative estimate of drug-likeness (QED) is 0.666. The summed E-state index contributed by atoms with van der Waals surface area (Å²) >= 11 is 1.47. The molecule has 24 heavy (non-hydrogen) atoms. The van der Waals surface area contributed by atoms with E-state index in [4.69, 9.17) is 4.74 Å². The van der Waals surface area contributed by atoms with E-state index in [1.165, 1.54) is 22.2 Å². The number of rotatable bonds is 5. The van der Waals surface area contributed by atoms with E-state index >= 15 is 0 Å². The fourth-order valence-electron chi connectivity index (χ4n) is 2.30. The largest absolute Gasteiger partial charge is 0.461 e. The second-order valence-electron chi connectivity index (χ2n) is 5.58. The maximum Gasteiger partial charge on any atom is 0.326 e. The Morgan fingerprint density at radius 1 is 1.33 bits per heavy atom. The van der Waals surface area contributed by atoms with E-state index in [-0.39, 0.29) is 18.2 Å². The highest BCUT2D eigenvalue weighted by Gasteiger charge is 2.14. The van der Waals surface area contributed by atoms with Crippen molar-refractivity contribution in [3.8, 4) is 10.4 Å². The number of hydrogen-bond acceptors (Lipinski definition) is 5. The number of thiophene rings is 1. The molecule has 0 amide bonds. The SMILES string of the molecule is CC[C@H](C)OC(=O)Cn1cnc2sc(-c3ccccc3)cc2c1=O. The minimum Gasteiger partial charge on any atom is -0.461 e. The molecule has 124 valence electrons. The van der Waals surface area contributed by atoms with Crippen molar-refractivity contribution in [1.82, 2.24) is 9.55 Å². The van der Waals surface area contributed by atoms with Gasteiger partial charge in [-0.05, 0) is 25.0 Å². The minimum absolute atomic E-state index is 0.122. The molecule has 0 spiro atoms. The van der Waals surface area contributed by atoms with Crippen LogP contribution in [0.3, 0.4) is 0 Å². The summed E-state index contributed by atoms with van der Waals surface area (Å²) in [6, 6.07) is 11.7. The maximum atomic E-state index is 12.6. The maximum absolute atomic E-state index is 12.6. The van der Waals surface area contributed by atoms with Crippen LogP contribution in [0.1, 0.15) is 20.3 Å². The highest BCUT2D eigenvalue weighted by atomic mass is 32.1. The third-order valence-electron chi connectivity index (χ3n) is 3.78.